The Kier molecular flexibility index (Phi) is 11.3. The Bertz CT molecular complexity index is 928. The van der Waals surface area contributed by atoms with Gasteiger partial charge in [-0.25, -0.2) is 9.59 Å². The molecule has 0 unspecified atom stereocenters. The molecule has 2 aromatic rings. The minimum absolute atomic E-state index is 0.177. The van der Waals surface area contributed by atoms with E-state index in [1.165, 1.54) is 6.07 Å². The third-order valence-electron chi connectivity index (χ3n) is 3.93. The van der Waals surface area contributed by atoms with E-state index in [0.29, 0.717) is 42.9 Å². The maximum Gasteiger partial charge on any atom is 0.338 e. The van der Waals surface area contributed by atoms with Gasteiger partial charge in [0, 0.05) is 0 Å². The topological polar surface area (TPSA) is 82.1 Å². The molecule has 32 heavy (non-hydrogen) atoms. The van der Waals surface area contributed by atoms with E-state index in [2.05, 4.69) is 13.2 Å². The van der Waals surface area contributed by atoms with Crippen molar-refractivity contribution in [3.63, 3.8) is 0 Å². The summed E-state index contributed by atoms with van der Waals surface area (Å²) in [5.41, 5.74) is 3.56. The van der Waals surface area contributed by atoms with Gasteiger partial charge in [0.15, 0.2) is 0 Å². The molecule has 0 fully saturated rings. The lowest BCUT2D eigenvalue weighted by Crippen LogP contribution is -2.05. The van der Waals surface area contributed by atoms with Crippen molar-refractivity contribution in [1.82, 2.24) is 0 Å². The van der Waals surface area contributed by atoms with Gasteiger partial charge in [-0.1, -0.05) is 18.7 Å². The second-order valence-corrected chi connectivity index (χ2v) is 7.19. The lowest BCUT2D eigenvalue weighted by atomic mass is 10.0. The summed E-state index contributed by atoms with van der Waals surface area (Å²) in [6.07, 6.45) is 0.555. The number of ether oxygens (including phenoxy) is 3. The summed E-state index contributed by atoms with van der Waals surface area (Å²) in [5.74, 6) is 0.214. The molecule has 1 N–H and O–H groups in total. The number of phenols is 1. The highest BCUT2D eigenvalue weighted by atomic mass is 16.5. The first kappa shape index (κ1) is 26.5. The molecule has 2 aromatic carbocycles. The van der Waals surface area contributed by atoms with Crippen LogP contribution in [0.4, 0.5) is 0 Å². The molecule has 0 spiro atoms. The van der Waals surface area contributed by atoms with Gasteiger partial charge in [0.1, 0.15) is 18.1 Å². The van der Waals surface area contributed by atoms with Gasteiger partial charge in [0.25, 0.3) is 0 Å². The van der Waals surface area contributed by atoms with Gasteiger partial charge in [0.2, 0.25) is 0 Å². The van der Waals surface area contributed by atoms with Gasteiger partial charge in [-0.3, -0.25) is 0 Å². The summed E-state index contributed by atoms with van der Waals surface area (Å²) in [4.78, 5) is 22.8. The van der Waals surface area contributed by atoms with Crippen molar-refractivity contribution in [2.75, 3.05) is 19.8 Å². The average molecular weight is 441 g/mol. The van der Waals surface area contributed by atoms with Gasteiger partial charge in [-0.05, 0) is 87.7 Å². The third kappa shape index (κ3) is 9.51. The Morgan fingerprint density at radius 1 is 0.844 bits per heavy atom. The fraction of sp³-hybridized carbons (Fsp3) is 0.308. The van der Waals surface area contributed by atoms with Crippen LogP contribution in [0.1, 0.15) is 54.0 Å². The summed E-state index contributed by atoms with van der Waals surface area (Å²) in [6, 6.07) is 11.6. The summed E-state index contributed by atoms with van der Waals surface area (Å²) < 4.78 is 15.2. The number of benzene rings is 2. The van der Waals surface area contributed by atoms with Crippen LogP contribution in [-0.2, 0) is 15.9 Å². The number of allylic oxidation sites excluding steroid dienone is 1. The van der Waals surface area contributed by atoms with E-state index in [9.17, 15) is 14.7 Å². The summed E-state index contributed by atoms with van der Waals surface area (Å²) in [5, 5.41) is 9.60. The highest BCUT2D eigenvalue weighted by Gasteiger charge is 2.10. The Balaban J connectivity index is 0.000000320. The van der Waals surface area contributed by atoms with Crippen molar-refractivity contribution in [1.29, 1.82) is 0 Å². The molecule has 0 heterocycles. The Morgan fingerprint density at radius 2 is 1.38 bits per heavy atom. The van der Waals surface area contributed by atoms with Gasteiger partial charge < -0.3 is 19.3 Å². The molecule has 0 saturated carbocycles. The van der Waals surface area contributed by atoms with E-state index >= 15 is 0 Å². The van der Waals surface area contributed by atoms with Crippen LogP contribution < -0.4 is 4.74 Å². The number of carbonyl (C=O) groups is 2. The first-order valence-electron chi connectivity index (χ1n) is 10.4. The van der Waals surface area contributed by atoms with Gasteiger partial charge in [-0.15, -0.1) is 0 Å². The minimum Gasteiger partial charge on any atom is -0.508 e. The summed E-state index contributed by atoms with van der Waals surface area (Å²) in [7, 11) is 0. The van der Waals surface area contributed by atoms with Crippen LogP contribution in [0.15, 0.2) is 66.8 Å². The fourth-order valence-electron chi connectivity index (χ4n) is 2.50. The lowest BCUT2D eigenvalue weighted by Gasteiger charge is -2.07. The molecule has 172 valence electrons. The second-order valence-electron chi connectivity index (χ2n) is 7.19. The standard InChI is InChI=1S/2C13H16O3/c1-4-15-13(14)11-5-7-12(8-6-11)16-9-10(2)3;1-4-16-13(15)10-5-6-12(14)11(8-10)7-9(2)3/h5-8H,2,4,9H2,1,3H3;5-6,8,14H,2,4,7H2,1,3H3. The number of hydrogen-bond acceptors (Lipinski definition) is 6. The van der Waals surface area contributed by atoms with E-state index in [-0.39, 0.29) is 17.7 Å². The molecule has 6 heteroatoms. The smallest absolute Gasteiger partial charge is 0.338 e. The summed E-state index contributed by atoms with van der Waals surface area (Å²) in [6.45, 7) is 16.0. The van der Waals surface area contributed by atoms with E-state index in [1.54, 1.807) is 50.2 Å². The largest absolute Gasteiger partial charge is 0.508 e. The first-order chi connectivity index (χ1) is 15.2. The number of phenolic OH excluding ortho intramolecular Hbond substituents is 1. The van der Waals surface area contributed by atoms with E-state index in [1.807, 2.05) is 13.8 Å². The Labute approximate surface area is 190 Å². The van der Waals surface area contributed by atoms with Gasteiger partial charge in [0.05, 0.1) is 24.3 Å². The van der Waals surface area contributed by atoms with Gasteiger partial charge in [-0.2, -0.15) is 0 Å². The van der Waals surface area contributed by atoms with Crippen LogP contribution >= 0.6 is 0 Å². The van der Waals surface area contributed by atoms with Crippen LogP contribution in [-0.4, -0.2) is 36.9 Å². The van der Waals surface area contributed by atoms with Crippen LogP contribution in [0.2, 0.25) is 0 Å². The molecule has 0 aliphatic rings. The Morgan fingerprint density at radius 3 is 1.88 bits per heavy atom. The van der Waals surface area contributed by atoms with Crippen molar-refractivity contribution >= 4 is 11.9 Å². The van der Waals surface area contributed by atoms with E-state index in [0.717, 1.165) is 16.9 Å². The predicted molar refractivity (Wildman–Crippen MR) is 125 cm³/mol. The number of esters is 2. The zero-order chi connectivity index (χ0) is 24.1. The molecule has 0 aliphatic heterocycles. The molecular weight excluding hydrogens is 408 g/mol. The average Bonchev–Trinajstić information content (AvgIpc) is 2.74. The molecular formula is C26H32O6. The highest BCUT2D eigenvalue weighted by molar-refractivity contribution is 5.90. The fourth-order valence-corrected chi connectivity index (χ4v) is 2.50. The van der Waals surface area contributed by atoms with Crippen molar-refractivity contribution < 1.29 is 28.9 Å². The second kappa shape index (κ2) is 13.7. The first-order valence-corrected chi connectivity index (χ1v) is 10.4. The third-order valence-corrected chi connectivity index (χ3v) is 3.93. The monoisotopic (exact) mass is 440 g/mol. The van der Waals surface area contributed by atoms with E-state index < -0.39 is 0 Å². The SMILES string of the molecule is C=C(C)COc1ccc(C(=O)OCC)cc1.C=C(C)Cc1cc(C(=O)OCC)ccc1O. The number of hydrogen-bond donors (Lipinski definition) is 1. The number of rotatable bonds is 9. The van der Waals surface area contributed by atoms with Crippen molar-refractivity contribution in [2.45, 2.75) is 34.1 Å². The lowest BCUT2D eigenvalue weighted by molar-refractivity contribution is 0.0516. The number of aromatic hydroxyl groups is 1. The Hall–Kier alpha value is -3.54. The predicted octanol–water partition coefficient (Wildman–Crippen LogP) is 5.51. The molecule has 0 amide bonds. The highest BCUT2D eigenvalue weighted by Crippen LogP contribution is 2.21. The normalized spacial score (nSPS) is 9.75. The molecule has 0 atom stereocenters. The summed E-state index contributed by atoms with van der Waals surface area (Å²) >= 11 is 0. The number of carbonyl (C=O) groups excluding carboxylic acids is 2. The molecule has 0 aromatic heterocycles. The van der Waals surface area contributed by atoms with E-state index in [4.69, 9.17) is 14.2 Å². The van der Waals surface area contributed by atoms with Gasteiger partial charge >= 0.3 is 11.9 Å². The molecule has 0 radical (unpaired) electrons. The maximum absolute atomic E-state index is 11.5. The van der Waals surface area contributed by atoms with Crippen molar-refractivity contribution in [2.24, 2.45) is 0 Å². The zero-order valence-electron chi connectivity index (χ0n) is 19.3. The van der Waals surface area contributed by atoms with Crippen molar-refractivity contribution in [3.05, 3.63) is 83.5 Å². The van der Waals surface area contributed by atoms with Crippen LogP contribution in [0.25, 0.3) is 0 Å². The van der Waals surface area contributed by atoms with Crippen molar-refractivity contribution in [3.8, 4) is 11.5 Å². The zero-order valence-corrected chi connectivity index (χ0v) is 19.3. The quantitative estimate of drug-likeness (QED) is 0.409. The molecule has 0 saturated heterocycles. The molecule has 0 bridgehead atoms. The molecule has 2 rings (SSSR count). The maximum atomic E-state index is 11.5. The van der Waals surface area contributed by atoms with Crippen LogP contribution in [0.3, 0.4) is 0 Å². The minimum atomic E-state index is -0.370. The molecule has 0 aliphatic carbocycles. The van der Waals surface area contributed by atoms with Crippen LogP contribution in [0.5, 0.6) is 11.5 Å². The molecule has 6 nitrogen and oxygen atoms in total. The van der Waals surface area contributed by atoms with Crippen LogP contribution in [0, 0.1) is 0 Å².